The third-order valence-electron chi connectivity index (χ3n) is 3.65. The van der Waals surface area contributed by atoms with Crippen molar-refractivity contribution in [2.45, 2.75) is 18.8 Å². The summed E-state index contributed by atoms with van der Waals surface area (Å²) >= 11 is 0. The van der Waals surface area contributed by atoms with Gasteiger partial charge in [-0.3, -0.25) is 9.59 Å². The number of anilines is 2. The van der Waals surface area contributed by atoms with Crippen LogP contribution in [0.25, 0.3) is 0 Å². The van der Waals surface area contributed by atoms with Crippen LogP contribution in [0.3, 0.4) is 0 Å². The Kier molecular flexibility index (Phi) is 2.08. The van der Waals surface area contributed by atoms with Crippen LogP contribution in [0.2, 0.25) is 0 Å². The lowest BCUT2D eigenvalue weighted by molar-refractivity contribution is -0.127. The lowest BCUT2D eigenvalue weighted by Crippen LogP contribution is -2.43. The van der Waals surface area contributed by atoms with Crippen molar-refractivity contribution in [3.63, 3.8) is 0 Å². The molecule has 92 valence electrons. The second-order valence-electron chi connectivity index (χ2n) is 4.84. The molecular formula is C13H12N2O3. The van der Waals surface area contributed by atoms with Crippen molar-refractivity contribution in [1.82, 2.24) is 0 Å². The van der Waals surface area contributed by atoms with E-state index < -0.39 is 5.41 Å². The minimum absolute atomic E-state index is 0.0269. The van der Waals surface area contributed by atoms with E-state index in [0.717, 1.165) is 11.3 Å². The zero-order valence-electron chi connectivity index (χ0n) is 9.90. The van der Waals surface area contributed by atoms with Crippen LogP contribution >= 0.6 is 0 Å². The van der Waals surface area contributed by atoms with Gasteiger partial charge in [-0.2, -0.15) is 0 Å². The molecule has 1 aromatic rings. The third kappa shape index (κ3) is 1.19. The van der Waals surface area contributed by atoms with Crippen LogP contribution in [0.4, 0.5) is 11.4 Å². The Morgan fingerprint density at radius 3 is 2.94 bits per heavy atom. The fourth-order valence-electron chi connectivity index (χ4n) is 2.90. The van der Waals surface area contributed by atoms with Gasteiger partial charge < -0.3 is 15.0 Å². The van der Waals surface area contributed by atoms with Gasteiger partial charge in [-0.25, -0.2) is 0 Å². The molecule has 1 N–H and O–H groups in total. The highest BCUT2D eigenvalue weighted by molar-refractivity contribution is 6.16. The smallest absolute Gasteiger partial charge is 0.238 e. The van der Waals surface area contributed by atoms with E-state index >= 15 is 0 Å². The van der Waals surface area contributed by atoms with Gasteiger partial charge in [-0.15, -0.1) is 0 Å². The maximum atomic E-state index is 12.4. The SMILES string of the molecule is CC12CC(=O)Nc3cccc(c31)N(CC=O)C2=O. The maximum Gasteiger partial charge on any atom is 0.238 e. The monoisotopic (exact) mass is 244 g/mol. The molecule has 0 aromatic heterocycles. The van der Waals surface area contributed by atoms with Crippen molar-refractivity contribution in [3.8, 4) is 0 Å². The number of hydrogen-bond donors (Lipinski definition) is 1. The molecule has 0 saturated heterocycles. The number of carbonyl (C=O) groups excluding carboxylic acids is 3. The van der Waals surface area contributed by atoms with E-state index in [1.165, 1.54) is 4.90 Å². The number of rotatable bonds is 2. The number of nitrogens with one attached hydrogen (secondary N) is 1. The van der Waals surface area contributed by atoms with Gasteiger partial charge in [0, 0.05) is 17.7 Å². The first-order chi connectivity index (χ1) is 8.58. The van der Waals surface area contributed by atoms with Crippen molar-refractivity contribution in [2.75, 3.05) is 16.8 Å². The summed E-state index contributed by atoms with van der Waals surface area (Å²) < 4.78 is 0. The molecule has 0 radical (unpaired) electrons. The lowest BCUT2D eigenvalue weighted by Gasteiger charge is -2.28. The number of benzene rings is 1. The molecule has 0 bridgehead atoms. The molecule has 18 heavy (non-hydrogen) atoms. The van der Waals surface area contributed by atoms with Gasteiger partial charge in [0.1, 0.15) is 6.29 Å². The molecule has 0 fully saturated rings. The first kappa shape index (κ1) is 11.0. The molecule has 2 amide bonds. The number of nitrogens with zero attached hydrogens (tertiary/aromatic N) is 1. The van der Waals surface area contributed by atoms with Crippen molar-refractivity contribution in [3.05, 3.63) is 23.8 Å². The van der Waals surface area contributed by atoms with E-state index in [4.69, 9.17) is 0 Å². The predicted octanol–water partition coefficient (Wildman–Crippen LogP) is 0.832. The van der Waals surface area contributed by atoms with Crippen LogP contribution in [-0.4, -0.2) is 24.6 Å². The quantitative estimate of drug-likeness (QED) is 0.784. The summed E-state index contributed by atoms with van der Waals surface area (Å²) in [4.78, 5) is 36.3. The third-order valence-corrected chi connectivity index (χ3v) is 3.65. The highest BCUT2D eigenvalue weighted by Crippen LogP contribution is 2.49. The molecule has 0 saturated carbocycles. The largest absolute Gasteiger partial charge is 0.326 e. The standard InChI is InChI=1S/C13H12N2O3/c1-13-7-10(17)14-8-3-2-4-9(11(8)13)15(5-6-16)12(13)18/h2-4,6H,5,7H2,1H3,(H,14,17). The highest BCUT2D eigenvalue weighted by Gasteiger charge is 2.51. The van der Waals surface area contributed by atoms with Crippen molar-refractivity contribution < 1.29 is 14.4 Å². The minimum Gasteiger partial charge on any atom is -0.326 e. The molecule has 1 aromatic carbocycles. The predicted molar refractivity (Wildman–Crippen MR) is 65.5 cm³/mol. The minimum atomic E-state index is -0.836. The molecule has 5 heteroatoms. The molecule has 2 aliphatic heterocycles. The Labute approximate surface area is 104 Å². The van der Waals surface area contributed by atoms with Crippen LogP contribution in [0.1, 0.15) is 18.9 Å². The van der Waals surface area contributed by atoms with Gasteiger partial charge in [0.25, 0.3) is 0 Å². The molecular weight excluding hydrogens is 232 g/mol. The molecule has 2 heterocycles. The van der Waals surface area contributed by atoms with Gasteiger partial charge in [-0.05, 0) is 19.1 Å². The first-order valence-corrected chi connectivity index (χ1v) is 5.77. The van der Waals surface area contributed by atoms with E-state index in [2.05, 4.69) is 5.32 Å². The topological polar surface area (TPSA) is 66.5 Å². The number of carbonyl (C=O) groups is 3. The fourth-order valence-corrected chi connectivity index (χ4v) is 2.90. The van der Waals surface area contributed by atoms with Crippen LogP contribution in [0, 0.1) is 0 Å². The highest BCUT2D eigenvalue weighted by atomic mass is 16.2. The van der Waals surface area contributed by atoms with Crippen LogP contribution in [0.5, 0.6) is 0 Å². The van der Waals surface area contributed by atoms with Crippen LogP contribution in [0.15, 0.2) is 18.2 Å². The van der Waals surface area contributed by atoms with Gasteiger partial charge in [0.2, 0.25) is 11.8 Å². The van der Waals surface area contributed by atoms with Crippen molar-refractivity contribution >= 4 is 29.5 Å². The molecule has 1 atom stereocenters. The van der Waals surface area contributed by atoms with Gasteiger partial charge >= 0.3 is 0 Å². The number of hydrogen-bond acceptors (Lipinski definition) is 3. The Bertz CT molecular complexity index is 582. The Morgan fingerprint density at radius 1 is 1.44 bits per heavy atom. The summed E-state index contributed by atoms with van der Waals surface area (Å²) in [5.41, 5.74) is 1.40. The normalized spacial score (nSPS) is 24.8. The number of aldehydes is 1. The molecule has 0 spiro atoms. The second kappa shape index (κ2) is 3.41. The van der Waals surface area contributed by atoms with Crippen molar-refractivity contribution in [1.29, 1.82) is 0 Å². The number of amides is 2. The molecule has 2 aliphatic rings. The zero-order chi connectivity index (χ0) is 12.9. The first-order valence-electron chi connectivity index (χ1n) is 5.77. The molecule has 3 rings (SSSR count). The summed E-state index contributed by atoms with van der Waals surface area (Å²) in [6.45, 7) is 1.79. The summed E-state index contributed by atoms with van der Waals surface area (Å²) in [6, 6.07) is 5.37. The second-order valence-corrected chi connectivity index (χ2v) is 4.84. The van der Waals surface area contributed by atoms with Gasteiger partial charge in [0.15, 0.2) is 0 Å². The van der Waals surface area contributed by atoms with Crippen LogP contribution < -0.4 is 10.2 Å². The average molecular weight is 244 g/mol. The van der Waals surface area contributed by atoms with Crippen LogP contribution in [-0.2, 0) is 19.8 Å². The molecule has 0 aliphatic carbocycles. The summed E-state index contributed by atoms with van der Waals surface area (Å²) in [5, 5.41) is 2.77. The average Bonchev–Trinajstić information content (AvgIpc) is 2.53. The summed E-state index contributed by atoms with van der Waals surface area (Å²) in [6.07, 6.45) is 0.832. The summed E-state index contributed by atoms with van der Waals surface area (Å²) in [5.74, 6) is -0.338. The van der Waals surface area contributed by atoms with E-state index in [0.29, 0.717) is 12.0 Å². The Morgan fingerprint density at radius 2 is 2.22 bits per heavy atom. The van der Waals surface area contributed by atoms with Gasteiger partial charge in [0.05, 0.1) is 17.6 Å². The van der Waals surface area contributed by atoms with E-state index in [1.54, 1.807) is 19.1 Å². The Hall–Kier alpha value is -2.17. The van der Waals surface area contributed by atoms with E-state index in [1.807, 2.05) is 6.07 Å². The molecule has 1 unspecified atom stereocenters. The zero-order valence-corrected chi connectivity index (χ0v) is 9.90. The fraction of sp³-hybridized carbons (Fsp3) is 0.308. The van der Waals surface area contributed by atoms with Crippen molar-refractivity contribution in [2.24, 2.45) is 0 Å². The Balaban J connectivity index is 2.25. The maximum absolute atomic E-state index is 12.4. The van der Waals surface area contributed by atoms with E-state index in [-0.39, 0.29) is 24.8 Å². The molecule has 5 nitrogen and oxygen atoms in total. The van der Waals surface area contributed by atoms with E-state index in [9.17, 15) is 14.4 Å². The van der Waals surface area contributed by atoms with Gasteiger partial charge in [-0.1, -0.05) is 6.07 Å². The lowest BCUT2D eigenvalue weighted by atomic mass is 9.77. The summed E-state index contributed by atoms with van der Waals surface area (Å²) in [7, 11) is 0.